The Kier molecular flexibility index (Phi) is 4.40. The van der Waals surface area contributed by atoms with Crippen LogP contribution in [0, 0.1) is 5.92 Å². The second-order valence-corrected chi connectivity index (χ2v) is 4.56. The zero-order chi connectivity index (χ0) is 10.4. The van der Waals surface area contributed by atoms with E-state index in [1.54, 1.807) is 0 Å². The third kappa shape index (κ3) is 3.30. The molecule has 0 aromatic carbocycles. The summed E-state index contributed by atoms with van der Waals surface area (Å²) in [6.45, 7) is 7.42. The van der Waals surface area contributed by atoms with Crippen molar-refractivity contribution in [3.8, 4) is 0 Å². The minimum Gasteiger partial charge on any atom is -0.389 e. The van der Waals surface area contributed by atoms with Crippen LogP contribution in [-0.4, -0.2) is 10.7 Å². The van der Waals surface area contributed by atoms with Gasteiger partial charge in [0.15, 0.2) is 0 Å². The molecule has 0 aromatic heterocycles. The summed E-state index contributed by atoms with van der Waals surface area (Å²) in [7, 11) is 0. The predicted octanol–water partition coefficient (Wildman–Crippen LogP) is 3.45. The molecule has 0 aromatic rings. The molecule has 0 spiro atoms. The third-order valence-corrected chi connectivity index (χ3v) is 3.19. The Morgan fingerprint density at radius 3 is 2.07 bits per heavy atom. The van der Waals surface area contributed by atoms with Crippen LogP contribution in [0.15, 0.2) is 25.3 Å². The summed E-state index contributed by atoms with van der Waals surface area (Å²) >= 11 is 0. The molecule has 1 fully saturated rings. The molecule has 1 aliphatic carbocycles. The van der Waals surface area contributed by atoms with Gasteiger partial charge in [-0.1, -0.05) is 37.8 Å². The van der Waals surface area contributed by atoms with Crippen molar-refractivity contribution in [2.45, 2.75) is 50.5 Å². The van der Waals surface area contributed by atoms with Gasteiger partial charge < -0.3 is 5.11 Å². The Balaban J connectivity index is 2.47. The lowest BCUT2D eigenvalue weighted by molar-refractivity contribution is 0.0217. The molecular formula is C13H22O. The lowest BCUT2D eigenvalue weighted by atomic mass is 9.84. The molecule has 0 unspecified atom stereocenters. The van der Waals surface area contributed by atoms with Gasteiger partial charge in [-0.2, -0.15) is 0 Å². The molecule has 0 saturated heterocycles. The lowest BCUT2D eigenvalue weighted by Gasteiger charge is -2.28. The van der Waals surface area contributed by atoms with E-state index in [2.05, 4.69) is 13.2 Å². The van der Waals surface area contributed by atoms with E-state index in [9.17, 15) is 5.11 Å². The zero-order valence-corrected chi connectivity index (χ0v) is 9.04. The van der Waals surface area contributed by atoms with E-state index in [0.717, 1.165) is 12.3 Å². The van der Waals surface area contributed by atoms with Crippen LogP contribution in [0.3, 0.4) is 0 Å². The van der Waals surface area contributed by atoms with Crippen LogP contribution >= 0.6 is 0 Å². The highest BCUT2D eigenvalue weighted by Gasteiger charge is 2.29. The fraction of sp³-hybridized carbons (Fsp3) is 0.692. The summed E-state index contributed by atoms with van der Waals surface area (Å²) in [5, 5.41) is 10.3. The van der Waals surface area contributed by atoms with E-state index in [0.29, 0.717) is 12.8 Å². The summed E-state index contributed by atoms with van der Waals surface area (Å²) in [5.74, 6) is 0.722. The summed E-state index contributed by atoms with van der Waals surface area (Å²) in [5.41, 5.74) is -0.571. The van der Waals surface area contributed by atoms with Gasteiger partial charge >= 0.3 is 0 Å². The molecular weight excluding hydrogens is 172 g/mol. The van der Waals surface area contributed by atoms with Crippen molar-refractivity contribution in [1.29, 1.82) is 0 Å². The molecule has 0 atom stereocenters. The molecule has 0 amide bonds. The Morgan fingerprint density at radius 2 is 1.64 bits per heavy atom. The number of aliphatic hydroxyl groups is 1. The smallest absolute Gasteiger partial charge is 0.0718 e. The average Bonchev–Trinajstić information content (AvgIpc) is 2.57. The SMILES string of the molecule is C=CCC(O)(CC=C)CC1CCCC1. The van der Waals surface area contributed by atoms with Gasteiger partial charge in [-0.3, -0.25) is 0 Å². The molecule has 1 aliphatic rings. The molecule has 14 heavy (non-hydrogen) atoms. The van der Waals surface area contributed by atoms with Gasteiger partial charge in [-0.15, -0.1) is 13.2 Å². The third-order valence-electron chi connectivity index (χ3n) is 3.19. The van der Waals surface area contributed by atoms with Crippen molar-refractivity contribution in [3.63, 3.8) is 0 Å². The van der Waals surface area contributed by atoms with Gasteiger partial charge in [-0.25, -0.2) is 0 Å². The first kappa shape index (κ1) is 11.5. The second kappa shape index (κ2) is 5.35. The molecule has 1 heteroatoms. The molecule has 1 rings (SSSR count). The highest BCUT2D eigenvalue weighted by atomic mass is 16.3. The van der Waals surface area contributed by atoms with Crippen LogP contribution in [0.5, 0.6) is 0 Å². The molecule has 0 aliphatic heterocycles. The molecule has 0 radical (unpaired) electrons. The topological polar surface area (TPSA) is 20.2 Å². The van der Waals surface area contributed by atoms with E-state index in [4.69, 9.17) is 0 Å². The maximum atomic E-state index is 10.3. The van der Waals surface area contributed by atoms with E-state index in [-0.39, 0.29) is 0 Å². The van der Waals surface area contributed by atoms with Gasteiger partial charge in [0.25, 0.3) is 0 Å². The summed E-state index contributed by atoms with van der Waals surface area (Å²) in [4.78, 5) is 0. The Hall–Kier alpha value is -0.560. The Bertz CT molecular complexity index is 179. The summed E-state index contributed by atoms with van der Waals surface area (Å²) in [6, 6.07) is 0. The van der Waals surface area contributed by atoms with Crippen molar-refractivity contribution in [1.82, 2.24) is 0 Å². The van der Waals surface area contributed by atoms with Gasteiger partial charge in [0.05, 0.1) is 5.60 Å². The Labute approximate surface area is 87.5 Å². The van der Waals surface area contributed by atoms with Crippen molar-refractivity contribution in [2.24, 2.45) is 5.92 Å². The monoisotopic (exact) mass is 194 g/mol. The van der Waals surface area contributed by atoms with Crippen molar-refractivity contribution >= 4 is 0 Å². The first-order valence-electron chi connectivity index (χ1n) is 5.64. The minimum atomic E-state index is -0.571. The summed E-state index contributed by atoms with van der Waals surface area (Å²) < 4.78 is 0. The number of hydrogen-bond acceptors (Lipinski definition) is 1. The van der Waals surface area contributed by atoms with Crippen molar-refractivity contribution in [3.05, 3.63) is 25.3 Å². The molecule has 1 N–H and O–H groups in total. The van der Waals surface area contributed by atoms with E-state index < -0.39 is 5.60 Å². The van der Waals surface area contributed by atoms with Gasteiger partial charge in [0.1, 0.15) is 0 Å². The quantitative estimate of drug-likeness (QED) is 0.642. The van der Waals surface area contributed by atoms with Gasteiger partial charge in [-0.05, 0) is 25.2 Å². The maximum absolute atomic E-state index is 10.3. The fourth-order valence-electron chi connectivity index (χ4n) is 2.54. The fourth-order valence-corrected chi connectivity index (χ4v) is 2.54. The maximum Gasteiger partial charge on any atom is 0.0718 e. The second-order valence-electron chi connectivity index (χ2n) is 4.56. The van der Waals surface area contributed by atoms with Gasteiger partial charge in [0, 0.05) is 0 Å². The van der Waals surface area contributed by atoms with Crippen molar-refractivity contribution in [2.75, 3.05) is 0 Å². The van der Waals surface area contributed by atoms with Crippen LogP contribution in [0.2, 0.25) is 0 Å². The standard InChI is InChI=1S/C13H22O/c1-3-9-13(14,10-4-2)11-12-7-5-6-8-12/h3-4,12,14H,1-2,5-11H2. The van der Waals surface area contributed by atoms with E-state index >= 15 is 0 Å². The molecule has 80 valence electrons. The first-order valence-corrected chi connectivity index (χ1v) is 5.64. The average molecular weight is 194 g/mol. The molecule has 1 saturated carbocycles. The van der Waals surface area contributed by atoms with Crippen LogP contribution in [-0.2, 0) is 0 Å². The van der Waals surface area contributed by atoms with E-state index in [1.807, 2.05) is 12.2 Å². The zero-order valence-electron chi connectivity index (χ0n) is 9.04. The minimum absolute atomic E-state index is 0.571. The summed E-state index contributed by atoms with van der Waals surface area (Å²) in [6.07, 6.45) is 11.2. The molecule has 0 bridgehead atoms. The van der Waals surface area contributed by atoms with E-state index in [1.165, 1.54) is 25.7 Å². The number of rotatable bonds is 6. The molecule has 1 nitrogen and oxygen atoms in total. The molecule has 0 heterocycles. The Morgan fingerprint density at radius 1 is 1.14 bits per heavy atom. The van der Waals surface area contributed by atoms with Crippen LogP contribution in [0.1, 0.15) is 44.9 Å². The predicted molar refractivity (Wildman–Crippen MR) is 61.2 cm³/mol. The van der Waals surface area contributed by atoms with Gasteiger partial charge in [0.2, 0.25) is 0 Å². The normalized spacial score (nSPS) is 18.4. The largest absolute Gasteiger partial charge is 0.389 e. The highest BCUT2D eigenvalue weighted by molar-refractivity contribution is 4.93. The highest BCUT2D eigenvalue weighted by Crippen LogP contribution is 2.34. The first-order chi connectivity index (χ1) is 6.70. The lowest BCUT2D eigenvalue weighted by Crippen LogP contribution is -2.29. The van der Waals surface area contributed by atoms with Crippen LogP contribution in [0.25, 0.3) is 0 Å². The van der Waals surface area contributed by atoms with Crippen LogP contribution in [0.4, 0.5) is 0 Å². The van der Waals surface area contributed by atoms with Crippen LogP contribution < -0.4 is 0 Å². The number of hydrogen-bond donors (Lipinski definition) is 1. The van der Waals surface area contributed by atoms with Crippen molar-refractivity contribution < 1.29 is 5.11 Å².